The van der Waals surface area contributed by atoms with Crippen LogP contribution in [0.15, 0.2) is 72.8 Å². The first-order valence-corrected chi connectivity index (χ1v) is 20.2. The van der Waals surface area contributed by atoms with Gasteiger partial charge in [-0.2, -0.15) is 0 Å². The molecule has 0 saturated carbocycles. The van der Waals surface area contributed by atoms with E-state index in [4.69, 9.17) is 11.5 Å². The van der Waals surface area contributed by atoms with E-state index < -0.39 is 78.2 Å². The summed E-state index contributed by atoms with van der Waals surface area (Å²) in [6.07, 6.45) is 0.460. The molecule has 10 N–H and O–H groups in total. The van der Waals surface area contributed by atoms with Crippen molar-refractivity contribution in [2.24, 2.45) is 23.3 Å². The number of nitrogens with one attached hydrogen (secondary N) is 5. The zero-order valence-electron chi connectivity index (χ0n) is 34.5. The second-order valence-corrected chi connectivity index (χ2v) is 15.9. The summed E-state index contributed by atoms with van der Waals surface area (Å²) in [6, 6.07) is 17.6. The number of rotatable bonds is 24. The van der Waals surface area contributed by atoms with Gasteiger partial charge in [-0.05, 0) is 72.4 Å². The molecule has 3 aromatic rings. The third-order valence-electron chi connectivity index (χ3n) is 9.79. The van der Waals surface area contributed by atoms with E-state index in [0.29, 0.717) is 25.8 Å². The summed E-state index contributed by atoms with van der Waals surface area (Å²) >= 11 is 0. The number of aliphatic hydroxyl groups excluding tert-OH is 1. The third kappa shape index (κ3) is 15.9. The number of primary amides is 1. The fourth-order valence-electron chi connectivity index (χ4n) is 6.92. The van der Waals surface area contributed by atoms with E-state index in [2.05, 4.69) is 26.6 Å². The van der Waals surface area contributed by atoms with E-state index in [-0.39, 0.29) is 37.5 Å². The van der Waals surface area contributed by atoms with Crippen LogP contribution in [0.25, 0.3) is 10.8 Å². The van der Waals surface area contributed by atoms with E-state index in [1.165, 1.54) is 6.92 Å². The van der Waals surface area contributed by atoms with Gasteiger partial charge in [-0.3, -0.25) is 28.8 Å². The summed E-state index contributed by atoms with van der Waals surface area (Å²) in [5.41, 5.74) is 13.0. The van der Waals surface area contributed by atoms with Gasteiger partial charge in [-0.25, -0.2) is 0 Å². The number of carbonyl (C=O) groups is 6. The molecular weight excluding hydrogens is 739 g/mol. The Labute approximate surface area is 342 Å². The number of fused-ring (bicyclic) bond motifs is 1. The van der Waals surface area contributed by atoms with Crippen molar-refractivity contribution < 1.29 is 33.9 Å². The highest BCUT2D eigenvalue weighted by Gasteiger charge is 2.32. The Morgan fingerprint density at radius 2 is 1.24 bits per heavy atom. The standard InChI is InChI=1S/C44H63N7O7/c1-27(2)22-35(39(53)26-40(54)48-37(23-28(3)4)43(57)51-36(41(46)55)24-30-14-7-6-8-15-30)50-42(56)34(20-11-12-21-45)49-44(58)38(47-29(5)52)25-32-18-13-17-31-16-9-10-19-33(31)32/h6-10,13-19,27-28,34-39,53H,11-12,20-26,45H2,1-5H3,(H2,46,55)(H,47,52)(H,48,54)(H,49,58)(H,50,56)(H,51,57)/t34-,35-,36-,37-,38-,39-/m0/s1. The summed E-state index contributed by atoms with van der Waals surface area (Å²) in [5, 5.41) is 27.2. The number of aliphatic hydroxyl groups is 1. The van der Waals surface area contributed by atoms with Crippen LogP contribution in [0.1, 0.15) is 84.3 Å². The minimum atomic E-state index is -1.36. The van der Waals surface area contributed by atoms with Crippen LogP contribution in [0.5, 0.6) is 0 Å². The molecule has 0 spiro atoms. The Hall–Kier alpha value is -5.34. The molecule has 0 heterocycles. The van der Waals surface area contributed by atoms with Gasteiger partial charge < -0.3 is 43.2 Å². The van der Waals surface area contributed by atoms with Crippen LogP contribution in [0, 0.1) is 11.8 Å². The van der Waals surface area contributed by atoms with Crippen molar-refractivity contribution in [3.8, 4) is 0 Å². The zero-order chi connectivity index (χ0) is 42.8. The fourth-order valence-corrected chi connectivity index (χ4v) is 6.92. The van der Waals surface area contributed by atoms with E-state index in [9.17, 15) is 33.9 Å². The predicted octanol–water partition coefficient (Wildman–Crippen LogP) is 2.53. The Kier molecular flexibility index (Phi) is 19.3. The summed E-state index contributed by atoms with van der Waals surface area (Å²) in [7, 11) is 0. The summed E-state index contributed by atoms with van der Waals surface area (Å²) < 4.78 is 0. The average Bonchev–Trinajstić information content (AvgIpc) is 3.16. The molecular formula is C44H63N7O7. The molecule has 6 amide bonds. The summed E-state index contributed by atoms with van der Waals surface area (Å²) in [6.45, 7) is 9.29. The first-order valence-electron chi connectivity index (χ1n) is 20.2. The number of unbranched alkanes of at least 4 members (excludes halogenated alkanes) is 1. The lowest BCUT2D eigenvalue weighted by atomic mass is 9.95. The highest BCUT2D eigenvalue weighted by atomic mass is 16.3. The molecule has 14 heteroatoms. The molecule has 0 aliphatic carbocycles. The molecule has 0 aromatic heterocycles. The Morgan fingerprint density at radius 1 is 0.638 bits per heavy atom. The van der Waals surface area contributed by atoms with Crippen LogP contribution in [0.4, 0.5) is 0 Å². The highest BCUT2D eigenvalue weighted by Crippen LogP contribution is 2.20. The van der Waals surface area contributed by atoms with Gasteiger partial charge in [0.1, 0.15) is 24.2 Å². The van der Waals surface area contributed by atoms with E-state index >= 15 is 0 Å². The van der Waals surface area contributed by atoms with Crippen LogP contribution in [-0.4, -0.2) is 83.4 Å². The van der Waals surface area contributed by atoms with Crippen molar-refractivity contribution in [2.75, 3.05) is 6.54 Å². The number of benzene rings is 3. The molecule has 0 saturated heterocycles. The van der Waals surface area contributed by atoms with Gasteiger partial charge in [0.15, 0.2) is 0 Å². The minimum Gasteiger partial charge on any atom is -0.390 e. The SMILES string of the molecule is CC(=O)N[C@@H](Cc1cccc2ccccc12)C(=O)N[C@@H](CCCCN)C(=O)N[C@@H](CC(C)C)[C@@H](O)CC(=O)N[C@@H](CC(C)C)C(=O)N[C@@H](Cc1ccccc1)C(N)=O. The monoisotopic (exact) mass is 801 g/mol. The van der Waals surface area contributed by atoms with Crippen LogP contribution < -0.4 is 38.1 Å². The van der Waals surface area contributed by atoms with Gasteiger partial charge in [-0.1, -0.05) is 100 Å². The average molecular weight is 802 g/mol. The number of hydrogen-bond donors (Lipinski definition) is 8. The van der Waals surface area contributed by atoms with E-state index in [0.717, 1.165) is 21.9 Å². The Morgan fingerprint density at radius 3 is 1.88 bits per heavy atom. The Balaban J connectivity index is 1.75. The maximum absolute atomic E-state index is 14.0. The van der Waals surface area contributed by atoms with Crippen molar-refractivity contribution in [1.29, 1.82) is 0 Å². The van der Waals surface area contributed by atoms with Gasteiger partial charge in [0, 0.05) is 19.8 Å². The second kappa shape index (κ2) is 23.8. The predicted molar refractivity (Wildman–Crippen MR) is 225 cm³/mol. The summed E-state index contributed by atoms with van der Waals surface area (Å²) in [5.74, 6) is -3.47. The molecule has 0 unspecified atom stereocenters. The van der Waals surface area contributed by atoms with Crippen molar-refractivity contribution in [3.63, 3.8) is 0 Å². The van der Waals surface area contributed by atoms with Crippen LogP contribution >= 0.6 is 0 Å². The van der Waals surface area contributed by atoms with Crippen molar-refractivity contribution in [2.45, 2.75) is 122 Å². The molecule has 0 fully saturated rings. The number of nitrogens with two attached hydrogens (primary N) is 2. The molecule has 0 radical (unpaired) electrons. The van der Waals surface area contributed by atoms with Crippen molar-refractivity contribution in [1.82, 2.24) is 26.6 Å². The van der Waals surface area contributed by atoms with Gasteiger partial charge in [-0.15, -0.1) is 0 Å². The third-order valence-corrected chi connectivity index (χ3v) is 9.79. The topological polar surface area (TPSA) is 235 Å². The lowest BCUT2D eigenvalue weighted by molar-refractivity contribution is -0.133. The highest BCUT2D eigenvalue weighted by molar-refractivity contribution is 5.94. The lowest BCUT2D eigenvalue weighted by Gasteiger charge is -2.29. The summed E-state index contributed by atoms with van der Waals surface area (Å²) in [4.78, 5) is 79.2. The molecule has 3 rings (SSSR count). The quantitative estimate of drug-likeness (QED) is 0.0626. The lowest BCUT2D eigenvalue weighted by Crippen LogP contribution is -2.57. The van der Waals surface area contributed by atoms with Crippen LogP contribution in [0.3, 0.4) is 0 Å². The minimum absolute atomic E-state index is 0.00653. The first-order chi connectivity index (χ1) is 27.6. The van der Waals surface area contributed by atoms with Gasteiger partial charge in [0.05, 0.1) is 18.6 Å². The van der Waals surface area contributed by atoms with E-state index in [1.54, 1.807) is 0 Å². The number of hydrogen-bond acceptors (Lipinski definition) is 8. The molecule has 58 heavy (non-hydrogen) atoms. The van der Waals surface area contributed by atoms with Crippen LogP contribution in [-0.2, 0) is 41.6 Å². The first kappa shape index (κ1) is 47.0. The molecule has 0 aliphatic rings. The van der Waals surface area contributed by atoms with E-state index in [1.807, 2.05) is 100 Å². The van der Waals surface area contributed by atoms with Gasteiger partial charge in [0.2, 0.25) is 35.4 Å². The normalized spacial score (nSPS) is 14.4. The molecule has 0 aliphatic heterocycles. The molecule has 14 nitrogen and oxygen atoms in total. The van der Waals surface area contributed by atoms with Gasteiger partial charge in [0.25, 0.3) is 0 Å². The largest absolute Gasteiger partial charge is 0.390 e. The molecule has 6 atom stereocenters. The fraction of sp³-hybridized carbons (Fsp3) is 0.500. The van der Waals surface area contributed by atoms with Crippen molar-refractivity contribution >= 4 is 46.2 Å². The number of amides is 6. The Bertz CT molecular complexity index is 1810. The smallest absolute Gasteiger partial charge is 0.243 e. The molecule has 3 aromatic carbocycles. The van der Waals surface area contributed by atoms with Gasteiger partial charge >= 0.3 is 0 Å². The van der Waals surface area contributed by atoms with Crippen molar-refractivity contribution in [3.05, 3.63) is 83.9 Å². The maximum Gasteiger partial charge on any atom is 0.243 e. The number of carbonyl (C=O) groups excluding carboxylic acids is 6. The maximum atomic E-state index is 14.0. The second-order valence-electron chi connectivity index (χ2n) is 15.9. The van der Waals surface area contributed by atoms with Crippen LogP contribution in [0.2, 0.25) is 0 Å². The molecule has 0 bridgehead atoms. The zero-order valence-corrected chi connectivity index (χ0v) is 34.5. The molecule has 316 valence electrons.